The second-order valence-corrected chi connectivity index (χ2v) is 6.07. The molecule has 0 aliphatic carbocycles. The number of amides is 2. The van der Waals surface area contributed by atoms with E-state index in [1.165, 1.54) is 0 Å². The number of nitrogens with zero attached hydrogens (tertiary/aromatic N) is 2. The summed E-state index contributed by atoms with van der Waals surface area (Å²) in [5.41, 5.74) is 1.90. The average Bonchev–Trinajstić information content (AvgIpc) is 2.84. The van der Waals surface area contributed by atoms with Crippen molar-refractivity contribution in [1.29, 1.82) is 0 Å². The smallest absolute Gasteiger partial charge is 0.378 e. The van der Waals surface area contributed by atoms with E-state index < -0.39 is 30.5 Å². The number of rotatable bonds is 5. The third-order valence-electron chi connectivity index (χ3n) is 3.87. The zero-order valence-electron chi connectivity index (χ0n) is 13.6. The summed E-state index contributed by atoms with van der Waals surface area (Å²) in [5.74, 6) is -1.77. The van der Waals surface area contributed by atoms with Crippen molar-refractivity contribution in [1.82, 2.24) is 10.2 Å². The Balaban J connectivity index is 1.86. The summed E-state index contributed by atoms with van der Waals surface area (Å²) in [7, 11) is 3.83. The molecule has 1 saturated heterocycles. The molecular formula is C16H20F3N3O2. The highest BCUT2D eigenvalue weighted by molar-refractivity contribution is 5.89. The summed E-state index contributed by atoms with van der Waals surface area (Å²) in [5, 5.41) is 2.68. The standard InChI is InChI=1S/C16H20F3N3O2/c1-21(2)13-5-3-11(4-6-13)8-20-15(24)12-7-14(23)22(9-12)10-16(17,18)19/h3-6,12H,7-10H2,1-2H3,(H,20,24)/t12-/m1/s1. The summed E-state index contributed by atoms with van der Waals surface area (Å²) in [6.07, 6.45) is -4.63. The lowest BCUT2D eigenvalue weighted by Gasteiger charge is -2.18. The molecule has 1 aliphatic rings. The number of hydrogen-bond acceptors (Lipinski definition) is 3. The Morgan fingerprint density at radius 1 is 1.29 bits per heavy atom. The first kappa shape index (κ1) is 18.1. The Bertz CT molecular complexity index is 600. The summed E-state index contributed by atoms with van der Waals surface area (Å²) >= 11 is 0. The van der Waals surface area contributed by atoms with Crippen molar-refractivity contribution in [3.8, 4) is 0 Å². The van der Waals surface area contributed by atoms with Gasteiger partial charge in [0.2, 0.25) is 11.8 Å². The Morgan fingerprint density at radius 2 is 1.92 bits per heavy atom. The van der Waals surface area contributed by atoms with Crippen molar-refractivity contribution in [3.05, 3.63) is 29.8 Å². The molecule has 1 N–H and O–H groups in total. The Labute approximate surface area is 138 Å². The van der Waals surface area contributed by atoms with E-state index in [-0.39, 0.29) is 19.5 Å². The van der Waals surface area contributed by atoms with Crippen LogP contribution in [0, 0.1) is 5.92 Å². The van der Waals surface area contributed by atoms with Crippen LogP contribution in [0.3, 0.4) is 0 Å². The van der Waals surface area contributed by atoms with Crippen LogP contribution in [0.15, 0.2) is 24.3 Å². The Hall–Kier alpha value is -2.25. The number of benzene rings is 1. The van der Waals surface area contributed by atoms with Crippen molar-refractivity contribution in [3.63, 3.8) is 0 Å². The molecule has 0 bridgehead atoms. The lowest BCUT2D eigenvalue weighted by molar-refractivity contribution is -0.157. The van der Waals surface area contributed by atoms with Crippen molar-refractivity contribution in [2.45, 2.75) is 19.1 Å². The molecule has 1 aliphatic heterocycles. The van der Waals surface area contributed by atoms with Gasteiger partial charge in [0.25, 0.3) is 0 Å². The largest absolute Gasteiger partial charge is 0.406 e. The third kappa shape index (κ3) is 4.87. The van der Waals surface area contributed by atoms with Crippen LogP contribution in [0.25, 0.3) is 0 Å². The van der Waals surface area contributed by atoms with Gasteiger partial charge in [-0.2, -0.15) is 13.2 Å². The van der Waals surface area contributed by atoms with E-state index in [4.69, 9.17) is 0 Å². The minimum absolute atomic E-state index is 0.179. The zero-order valence-corrected chi connectivity index (χ0v) is 13.6. The molecule has 0 saturated carbocycles. The van der Waals surface area contributed by atoms with Gasteiger partial charge >= 0.3 is 6.18 Å². The highest BCUT2D eigenvalue weighted by Crippen LogP contribution is 2.24. The minimum atomic E-state index is -4.45. The molecule has 1 aromatic rings. The number of hydrogen-bond donors (Lipinski definition) is 1. The van der Waals surface area contributed by atoms with Gasteiger partial charge in [0, 0.05) is 39.3 Å². The van der Waals surface area contributed by atoms with E-state index in [9.17, 15) is 22.8 Å². The number of carbonyl (C=O) groups excluding carboxylic acids is 2. The molecule has 1 aromatic carbocycles. The maximum absolute atomic E-state index is 12.4. The fraction of sp³-hybridized carbons (Fsp3) is 0.500. The normalized spacial score (nSPS) is 18.0. The lowest BCUT2D eigenvalue weighted by atomic mass is 10.1. The van der Waals surface area contributed by atoms with Crippen LogP contribution in [0.2, 0.25) is 0 Å². The van der Waals surface area contributed by atoms with Gasteiger partial charge in [-0.3, -0.25) is 9.59 Å². The molecule has 0 spiro atoms. The molecular weight excluding hydrogens is 323 g/mol. The van der Waals surface area contributed by atoms with Crippen molar-refractivity contribution >= 4 is 17.5 Å². The maximum atomic E-state index is 12.4. The molecule has 1 fully saturated rings. The van der Waals surface area contributed by atoms with Gasteiger partial charge in [-0.1, -0.05) is 12.1 Å². The predicted octanol–water partition coefficient (Wildman–Crippen LogP) is 1.78. The molecule has 1 heterocycles. The molecule has 0 radical (unpaired) electrons. The molecule has 2 rings (SSSR count). The quantitative estimate of drug-likeness (QED) is 0.887. The SMILES string of the molecule is CN(C)c1ccc(CNC(=O)[C@@H]2CC(=O)N(CC(F)(F)F)C2)cc1. The Kier molecular flexibility index (Phi) is 5.36. The monoisotopic (exact) mass is 343 g/mol. The molecule has 8 heteroatoms. The highest BCUT2D eigenvalue weighted by atomic mass is 19.4. The van der Waals surface area contributed by atoms with Gasteiger partial charge in [-0.05, 0) is 17.7 Å². The van der Waals surface area contributed by atoms with Crippen LogP contribution < -0.4 is 10.2 Å². The number of halogens is 3. The lowest BCUT2D eigenvalue weighted by Crippen LogP contribution is -2.37. The summed E-state index contributed by atoms with van der Waals surface area (Å²) in [4.78, 5) is 26.3. The topological polar surface area (TPSA) is 52.7 Å². The summed E-state index contributed by atoms with van der Waals surface area (Å²) in [6, 6.07) is 7.55. The predicted molar refractivity (Wildman–Crippen MR) is 83.4 cm³/mol. The fourth-order valence-corrected chi connectivity index (χ4v) is 2.56. The van der Waals surface area contributed by atoms with E-state index in [1.807, 2.05) is 43.3 Å². The number of anilines is 1. The van der Waals surface area contributed by atoms with Crippen LogP contribution >= 0.6 is 0 Å². The van der Waals surface area contributed by atoms with Crippen LogP contribution in [-0.4, -0.2) is 50.1 Å². The van der Waals surface area contributed by atoms with Gasteiger partial charge < -0.3 is 15.1 Å². The zero-order chi connectivity index (χ0) is 17.9. The maximum Gasteiger partial charge on any atom is 0.406 e. The van der Waals surface area contributed by atoms with Crippen molar-refractivity contribution < 1.29 is 22.8 Å². The fourth-order valence-electron chi connectivity index (χ4n) is 2.56. The molecule has 1 atom stereocenters. The van der Waals surface area contributed by atoms with Crippen molar-refractivity contribution in [2.75, 3.05) is 32.1 Å². The van der Waals surface area contributed by atoms with E-state index in [2.05, 4.69) is 5.32 Å². The molecule has 2 amide bonds. The Morgan fingerprint density at radius 3 is 2.46 bits per heavy atom. The number of nitrogens with one attached hydrogen (secondary N) is 1. The van der Waals surface area contributed by atoms with Gasteiger partial charge in [-0.15, -0.1) is 0 Å². The van der Waals surface area contributed by atoms with E-state index >= 15 is 0 Å². The van der Waals surface area contributed by atoms with Crippen LogP contribution in [0.5, 0.6) is 0 Å². The second kappa shape index (κ2) is 7.11. The van der Waals surface area contributed by atoms with E-state index in [1.54, 1.807) is 0 Å². The number of alkyl halides is 3. The van der Waals surface area contributed by atoms with Crippen LogP contribution in [0.1, 0.15) is 12.0 Å². The first-order chi connectivity index (χ1) is 11.2. The van der Waals surface area contributed by atoms with Crippen molar-refractivity contribution in [2.24, 2.45) is 5.92 Å². The second-order valence-electron chi connectivity index (χ2n) is 6.07. The van der Waals surface area contributed by atoms with Gasteiger partial charge in [-0.25, -0.2) is 0 Å². The first-order valence-corrected chi connectivity index (χ1v) is 7.54. The molecule has 0 aromatic heterocycles. The van der Waals surface area contributed by atoms with Gasteiger partial charge in [0.1, 0.15) is 6.54 Å². The molecule has 132 valence electrons. The van der Waals surface area contributed by atoms with E-state index in [0.29, 0.717) is 4.90 Å². The minimum Gasteiger partial charge on any atom is -0.378 e. The summed E-state index contributed by atoms with van der Waals surface area (Å²) < 4.78 is 37.1. The number of carbonyl (C=O) groups is 2. The van der Waals surface area contributed by atoms with Gasteiger partial charge in [0.15, 0.2) is 0 Å². The highest BCUT2D eigenvalue weighted by Gasteiger charge is 2.40. The van der Waals surface area contributed by atoms with Crippen LogP contribution in [0.4, 0.5) is 18.9 Å². The number of likely N-dealkylation sites (tertiary alicyclic amines) is 1. The van der Waals surface area contributed by atoms with Crippen LogP contribution in [-0.2, 0) is 16.1 Å². The third-order valence-corrected chi connectivity index (χ3v) is 3.87. The average molecular weight is 343 g/mol. The molecule has 24 heavy (non-hydrogen) atoms. The summed E-state index contributed by atoms with van der Waals surface area (Å²) in [6.45, 7) is -1.22. The molecule has 0 unspecified atom stereocenters. The van der Waals surface area contributed by atoms with E-state index in [0.717, 1.165) is 11.3 Å². The molecule has 5 nitrogen and oxygen atoms in total. The van der Waals surface area contributed by atoms with Gasteiger partial charge in [0.05, 0.1) is 5.92 Å². The first-order valence-electron chi connectivity index (χ1n) is 7.54.